The van der Waals surface area contributed by atoms with Gasteiger partial charge in [-0.2, -0.15) is 0 Å². The largest absolute Gasteiger partial charge is 0.477 e. The highest BCUT2D eigenvalue weighted by atomic mass is 32.1. The second-order valence-electron chi connectivity index (χ2n) is 5.64. The third kappa shape index (κ3) is 2.92. The highest BCUT2D eigenvalue weighted by Crippen LogP contribution is 2.43. The number of carbonyl (C=O) groups is 1. The van der Waals surface area contributed by atoms with E-state index >= 15 is 0 Å². The van der Waals surface area contributed by atoms with Crippen molar-refractivity contribution >= 4 is 38.9 Å². The number of hydrogen-bond donors (Lipinski definition) is 1. The number of rotatable bonds is 3. The van der Waals surface area contributed by atoms with Gasteiger partial charge in [0.25, 0.3) is 0 Å². The SMILES string of the molecule is CC(C)=Nc1c(C(=O)O)sc2nc(C)cc(-c3ccc(F)cc3)c12. The third-order valence-electron chi connectivity index (χ3n) is 3.45. The first-order valence-electron chi connectivity index (χ1n) is 7.32. The summed E-state index contributed by atoms with van der Waals surface area (Å²) in [5.41, 5.74) is 3.54. The molecule has 4 nitrogen and oxygen atoms in total. The summed E-state index contributed by atoms with van der Waals surface area (Å²) in [5, 5.41) is 10.2. The van der Waals surface area contributed by atoms with Gasteiger partial charge in [0.15, 0.2) is 0 Å². The Morgan fingerprint density at radius 3 is 2.50 bits per heavy atom. The van der Waals surface area contributed by atoms with E-state index in [2.05, 4.69) is 9.98 Å². The molecule has 1 N–H and O–H groups in total. The number of aromatic nitrogens is 1. The monoisotopic (exact) mass is 342 g/mol. The molecule has 3 aromatic rings. The Hall–Kier alpha value is -2.60. The number of aryl methyl sites for hydroxylation is 1. The molecule has 0 spiro atoms. The van der Waals surface area contributed by atoms with E-state index in [1.165, 1.54) is 12.1 Å². The van der Waals surface area contributed by atoms with Crippen molar-refractivity contribution in [3.05, 3.63) is 46.7 Å². The molecule has 0 aliphatic heterocycles. The molecule has 2 aromatic heterocycles. The zero-order valence-corrected chi connectivity index (χ0v) is 14.2. The van der Waals surface area contributed by atoms with E-state index in [0.717, 1.165) is 33.9 Å². The quantitative estimate of drug-likeness (QED) is 0.664. The number of benzene rings is 1. The molecule has 0 unspecified atom stereocenters. The molecule has 0 aliphatic carbocycles. The lowest BCUT2D eigenvalue weighted by Gasteiger charge is -2.07. The number of thiophene rings is 1. The molecule has 1 aromatic carbocycles. The maximum absolute atomic E-state index is 13.2. The van der Waals surface area contributed by atoms with Crippen molar-refractivity contribution in [3.8, 4) is 11.1 Å². The van der Waals surface area contributed by atoms with Crippen LogP contribution in [-0.2, 0) is 0 Å². The second-order valence-corrected chi connectivity index (χ2v) is 6.64. The summed E-state index contributed by atoms with van der Waals surface area (Å²) in [6, 6.07) is 7.99. The van der Waals surface area contributed by atoms with Gasteiger partial charge in [-0.15, -0.1) is 11.3 Å². The third-order valence-corrected chi connectivity index (χ3v) is 4.51. The highest BCUT2D eigenvalue weighted by Gasteiger charge is 2.22. The van der Waals surface area contributed by atoms with Crippen LogP contribution in [0.1, 0.15) is 29.2 Å². The molecule has 0 radical (unpaired) electrons. The Bertz CT molecular complexity index is 971. The Morgan fingerprint density at radius 1 is 1.25 bits per heavy atom. The lowest BCUT2D eigenvalue weighted by Crippen LogP contribution is -1.93. The molecule has 0 saturated heterocycles. The molecule has 24 heavy (non-hydrogen) atoms. The van der Waals surface area contributed by atoms with Gasteiger partial charge >= 0.3 is 5.97 Å². The molecule has 6 heteroatoms. The Kier molecular flexibility index (Phi) is 4.15. The average molecular weight is 342 g/mol. The maximum atomic E-state index is 13.2. The summed E-state index contributed by atoms with van der Waals surface area (Å²) in [7, 11) is 0. The zero-order chi connectivity index (χ0) is 17.4. The van der Waals surface area contributed by atoms with E-state index in [4.69, 9.17) is 0 Å². The van der Waals surface area contributed by atoms with Gasteiger partial charge < -0.3 is 5.11 Å². The molecule has 122 valence electrons. The van der Waals surface area contributed by atoms with Crippen molar-refractivity contribution in [2.45, 2.75) is 20.8 Å². The molecule has 0 fully saturated rings. The summed E-state index contributed by atoms with van der Waals surface area (Å²) >= 11 is 1.11. The number of fused-ring (bicyclic) bond motifs is 1. The molecule has 0 saturated carbocycles. The van der Waals surface area contributed by atoms with E-state index in [1.54, 1.807) is 12.1 Å². The fourth-order valence-electron chi connectivity index (χ4n) is 2.54. The Labute approximate surface area is 142 Å². The number of carboxylic acids is 1. The molecule has 0 aliphatic rings. The summed E-state index contributed by atoms with van der Waals surface area (Å²) < 4.78 is 13.2. The van der Waals surface area contributed by atoms with Crippen LogP contribution in [0.25, 0.3) is 21.3 Å². The van der Waals surface area contributed by atoms with Crippen LogP contribution in [0.5, 0.6) is 0 Å². The van der Waals surface area contributed by atoms with Gasteiger partial charge in [-0.1, -0.05) is 12.1 Å². The lowest BCUT2D eigenvalue weighted by atomic mass is 10.0. The van der Waals surface area contributed by atoms with Crippen LogP contribution in [-0.4, -0.2) is 21.8 Å². The zero-order valence-electron chi connectivity index (χ0n) is 13.4. The standard InChI is InChI=1S/C18H15FN2O2S/c1-9(2)20-15-14-13(11-4-6-12(19)7-5-11)8-10(3)21-17(14)24-16(15)18(22)23/h4-8H,1-3H3,(H,22,23). The van der Waals surface area contributed by atoms with Gasteiger partial charge in [-0.25, -0.2) is 14.2 Å². The lowest BCUT2D eigenvalue weighted by molar-refractivity contribution is 0.0703. The van der Waals surface area contributed by atoms with Crippen molar-refractivity contribution < 1.29 is 14.3 Å². The van der Waals surface area contributed by atoms with Crippen LogP contribution in [0, 0.1) is 12.7 Å². The summed E-state index contributed by atoms with van der Waals surface area (Å²) in [6.45, 7) is 5.48. The summed E-state index contributed by atoms with van der Waals surface area (Å²) in [6.07, 6.45) is 0. The van der Waals surface area contributed by atoms with Gasteiger partial charge in [0.1, 0.15) is 15.5 Å². The van der Waals surface area contributed by atoms with Crippen LogP contribution >= 0.6 is 11.3 Å². The second kappa shape index (κ2) is 6.13. The maximum Gasteiger partial charge on any atom is 0.348 e. The van der Waals surface area contributed by atoms with E-state index in [1.807, 2.05) is 26.8 Å². The van der Waals surface area contributed by atoms with E-state index in [0.29, 0.717) is 15.9 Å². The molecule has 0 bridgehead atoms. The van der Waals surface area contributed by atoms with E-state index < -0.39 is 5.97 Å². The number of pyridine rings is 1. The van der Waals surface area contributed by atoms with E-state index in [-0.39, 0.29) is 10.7 Å². The Balaban J connectivity index is 2.42. The van der Waals surface area contributed by atoms with Crippen LogP contribution in [0.15, 0.2) is 35.3 Å². The Morgan fingerprint density at radius 2 is 1.92 bits per heavy atom. The molecule has 3 rings (SSSR count). The minimum Gasteiger partial charge on any atom is -0.477 e. The first-order valence-corrected chi connectivity index (χ1v) is 8.13. The van der Waals surface area contributed by atoms with E-state index in [9.17, 15) is 14.3 Å². The number of aliphatic imine (C=N–C) groups is 1. The fraction of sp³-hybridized carbons (Fsp3) is 0.167. The van der Waals surface area contributed by atoms with Crippen LogP contribution in [0.3, 0.4) is 0 Å². The van der Waals surface area contributed by atoms with Gasteiger partial charge in [0.05, 0.1) is 5.69 Å². The van der Waals surface area contributed by atoms with Gasteiger partial charge in [-0.05, 0) is 50.1 Å². The topological polar surface area (TPSA) is 62.5 Å². The first-order chi connectivity index (χ1) is 11.4. The van der Waals surface area contributed by atoms with Crippen molar-refractivity contribution in [2.75, 3.05) is 0 Å². The van der Waals surface area contributed by atoms with Crippen molar-refractivity contribution in [1.29, 1.82) is 0 Å². The summed E-state index contributed by atoms with van der Waals surface area (Å²) in [5.74, 6) is -1.35. The normalized spacial score (nSPS) is 10.8. The van der Waals surface area contributed by atoms with Gasteiger partial charge in [-0.3, -0.25) is 4.99 Å². The number of hydrogen-bond acceptors (Lipinski definition) is 4. The molecule has 2 heterocycles. The molecular formula is C18H15FN2O2S. The number of aromatic carboxylic acids is 1. The van der Waals surface area contributed by atoms with Gasteiger partial charge in [0.2, 0.25) is 0 Å². The van der Waals surface area contributed by atoms with Crippen LogP contribution < -0.4 is 0 Å². The van der Waals surface area contributed by atoms with Crippen molar-refractivity contribution in [1.82, 2.24) is 4.98 Å². The molecular weight excluding hydrogens is 327 g/mol. The number of halogens is 1. The van der Waals surface area contributed by atoms with Crippen LogP contribution in [0.2, 0.25) is 0 Å². The number of carboxylic acid groups (broad SMARTS) is 1. The minimum absolute atomic E-state index is 0.160. The predicted octanol–water partition coefficient (Wildman–Crippen LogP) is 5.22. The summed E-state index contributed by atoms with van der Waals surface area (Å²) in [4.78, 5) is 21.3. The minimum atomic E-state index is -1.03. The predicted molar refractivity (Wildman–Crippen MR) is 95.2 cm³/mol. The molecule has 0 amide bonds. The number of nitrogens with zero attached hydrogens (tertiary/aromatic N) is 2. The van der Waals surface area contributed by atoms with Crippen molar-refractivity contribution in [2.24, 2.45) is 4.99 Å². The molecule has 0 atom stereocenters. The fourth-order valence-corrected chi connectivity index (χ4v) is 3.56. The van der Waals surface area contributed by atoms with Crippen LogP contribution in [0.4, 0.5) is 10.1 Å². The van der Waals surface area contributed by atoms with Gasteiger partial charge in [0, 0.05) is 16.8 Å². The smallest absolute Gasteiger partial charge is 0.348 e. The highest BCUT2D eigenvalue weighted by molar-refractivity contribution is 7.21. The first kappa shape index (κ1) is 16.3. The van der Waals surface area contributed by atoms with Crippen molar-refractivity contribution in [3.63, 3.8) is 0 Å². The average Bonchev–Trinajstić information content (AvgIpc) is 2.85.